The highest BCUT2D eigenvalue weighted by Crippen LogP contribution is 2.38. The maximum atomic E-state index is 14.2. The molecule has 3 heterocycles. The summed E-state index contributed by atoms with van der Waals surface area (Å²) < 4.78 is 11.4. The number of ether oxygens (including phenoxy) is 1. The van der Waals surface area contributed by atoms with Gasteiger partial charge < -0.3 is 24.7 Å². The fourth-order valence-corrected chi connectivity index (χ4v) is 5.36. The van der Waals surface area contributed by atoms with Crippen molar-refractivity contribution in [3.05, 3.63) is 131 Å². The summed E-state index contributed by atoms with van der Waals surface area (Å²) in [6.07, 6.45) is 1.86. The lowest BCUT2D eigenvalue weighted by Crippen LogP contribution is -2.49. The second kappa shape index (κ2) is 11.7. The monoisotopic (exact) mass is 562 g/mol. The summed E-state index contributed by atoms with van der Waals surface area (Å²) in [6, 6.07) is 28.0. The van der Waals surface area contributed by atoms with Crippen molar-refractivity contribution < 1.29 is 23.5 Å². The van der Waals surface area contributed by atoms with Crippen molar-refractivity contribution in [2.24, 2.45) is 0 Å². The van der Waals surface area contributed by atoms with Crippen LogP contribution >= 0.6 is 0 Å². The molecule has 3 aromatic carbocycles. The molecule has 212 valence electrons. The van der Waals surface area contributed by atoms with Gasteiger partial charge in [0.1, 0.15) is 23.3 Å². The SMILES string of the molecule is CN1C(=O)NC(c2cccc(Oc3ccccc3)c2)C2=C1CN(C(Cc1ccccc1)C(=O)NCc1ccco1)C2=O. The number of likely N-dealkylation sites (N-methyl/N-ethyl adjacent to an activating group) is 1. The molecule has 2 aliphatic heterocycles. The van der Waals surface area contributed by atoms with Gasteiger partial charge in [-0.15, -0.1) is 0 Å². The maximum absolute atomic E-state index is 14.2. The number of benzene rings is 3. The van der Waals surface area contributed by atoms with E-state index in [1.54, 1.807) is 30.3 Å². The van der Waals surface area contributed by atoms with E-state index in [0.29, 0.717) is 40.5 Å². The molecule has 2 aliphatic rings. The Hall–Kier alpha value is -5.31. The van der Waals surface area contributed by atoms with Gasteiger partial charge in [-0.1, -0.05) is 60.7 Å². The molecule has 4 aromatic rings. The summed E-state index contributed by atoms with van der Waals surface area (Å²) in [7, 11) is 1.63. The van der Waals surface area contributed by atoms with E-state index in [4.69, 9.17) is 9.15 Å². The van der Waals surface area contributed by atoms with Crippen molar-refractivity contribution in [2.75, 3.05) is 13.6 Å². The summed E-state index contributed by atoms with van der Waals surface area (Å²) in [5.41, 5.74) is 2.62. The lowest BCUT2D eigenvalue weighted by Gasteiger charge is -2.31. The molecule has 6 rings (SSSR count). The van der Waals surface area contributed by atoms with Crippen molar-refractivity contribution in [1.82, 2.24) is 20.4 Å². The molecule has 0 fully saturated rings. The topological polar surface area (TPSA) is 104 Å². The Balaban J connectivity index is 1.30. The third-order valence-electron chi connectivity index (χ3n) is 7.53. The Morgan fingerprint density at radius 2 is 1.71 bits per heavy atom. The van der Waals surface area contributed by atoms with E-state index in [1.165, 1.54) is 4.90 Å². The van der Waals surface area contributed by atoms with E-state index in [-0.39, 0.29) is 30.9 Å². The highest BCUT2D eigenvalue weighted by molar-refractivity contribution is 6.03. The minimum atomic E-state index is -0.808. The van der Waals surface area contributed by atoms with Crippen LogP contribution in [0.3, 0.4) is 0 Å². The van der Waals surface area contributed by atoms with E-state index in [9.17, 15) is 14.4 Å². The third kappa shape index (κ3) is 5.49. The molecular weight excluding hydrogens is 532 g/mol. The van der Waals surface area contributed by atoms with Gasteiger partial charge in [0.2, 0.25) is 5.91 Å². The standard InChI is InChI=1S/C33H30N4O5/c1-36-28-21-37(27(18-22-10-4-2-5-11-22)31(38)34-20-26-16-9-17-41-26)32(39)29(28)30(35-33(36)40)23-12-8-15-25(19-23)42-24-13-6-3-7-14-24/h2-17,19,27,30H,18,20-21H2,1H3,(H,34,38)(H,35,40). The average Bonchev–Trinajstić information content (AvgIpc) is 3.66. The van der Waals surface area contributed by atoms with Gasteiger partial charge in [-0.25, -0.2) is 4.79 Å². The van der Waals surface area contributed by atoms with Crippen LogP contribution in [0.25, 0.3) is 0 Å². The number of amides is 4. The van der Waals surface area contributed by atoms with Crippen LogP contribution in [0.4, 0.5) is 4.79 Å². The molecule has 0 spiro atoms. The Labute approximate surface area is 243 Å². The largest absolute Gasteiger partial charge is 0.467 e. The van der Waals surface area contributed by atoms with Crippen LogP contribution in [-0.2, 0) is 22.6 Å². The van der Waals surface area contributed by atoms with Crippen molar-refractivity contribution in [3.63, 3.8) is 0 Å². The molecular formula is C33H30N4O5. The van der Waals surface area contributed by atoms with Crippen molar-refractivity contribution in [3.8, 4) is 11.5 Å². The first-order valence-corrected chi connectivity index (χ1v) is 13.7. The van der Waals surface area contributed by atoms with Gasteiger partial charge in [-0.05, 0) is 47.5 Å². The van der Waals surface area contributed by atoms with Gasteiger partial charge in [-0.2, -0.15) is 0 Å². The molecule has 0 aliphatic carbocycles. The molecule has 9 heteroatoms. The Bertz CT molecular complexity index is 1620. The van der Waals surface area contributed by atoms with Crippen molar-refractivity contribution in [2.45, 2.75) is 25.0 Å². The van der Waals surface area contributed by atoms with E-state index in [2.05, 4.69) is 10.6 Å². The molecule has 2 unspecified atom stereocenters. The number of rotatable bonds is 9. The average molecular weight is 563 g/mol. The van der Waals surface area contributed by atoms with E-state index in [1.807, 2.05) is 84.9 Å². The minimum absolute atomic E-state index is 0.125. The smallest absolute Gasteiger partial charge is 0.322 e. The number of hydrogen-bond acceptors (Lipinski definition) is 5. The molecule has 2 atom stereocenters. The molecule has 4 amide bonds. The third-order valence-corrected chi connectivity index (χ3v) is 7.53. The van der Waals surface area contributed by atoms with Crippen molar-refractivity contribution >= 4 is 17.8 Å². The number of para-hydroxylation sites is 1. The number of carbonyl (C=O) groups is 3. The molecule has 0 saturated carbocycles. The molecule has 42 heavy (non-hydrogen) atoms. The van der Waals surface area contributed by atoms with Gasteiger partial charge in [-0.3, -0.25) is 14.5 Å². The van der Waals surface area contributed by atoms with Crippen LogP contribution in [0, 0.1) is 0 Å². The zero-order chi connectivity index (χ0) is 29.1. The molecule has 0 bridgehead atoms. The van der Waals surface area contributed by atoms with E-state index in [0.717, 1.165) is 5.56 Å². The van der Waals surface area contributed by atoms with Crippen LogP contribution in [0.2, 0.25) is 0 Å². The molecule has 0 saturated heterocycles. The number of urea groups is 1. The molecule has 9 nitrogen and oxygen atoms in total. The number of hydrogen-bond donors (Lipinski definition) is 2. The van der Waals surface area contributed by atoms with E-state index < -0.39 is 12.1 Å². The minimum Gasteiger partial charge on any atom is -0.467 e. The summed E-state index contributed by atoms with van der Waals surface area (Å²) in [4.78, 5) is 43.9. The number of nitrogens with one attached hydrogen (secondary N) is 2. The quantitative estimate of drug-likeness (QED) is 0.305. The summed E-state index contributed by atoms with van der Waals surface area (Å²) >= 11 is 0. The lowest BCUT2D eigenvalue weighted by atomic mass is 9.95. The van der Waals surface area contributed by atoms with Crippen LogP contribution in [0.5, 0.6) is 11.5 Å². The van der Waals surface area contributed by atoms with Gasteiger partial charge in [0.15, 0.2) is 0 Å². The summed E-state index contributed by atoms with van der Waals surface area (Å²) in [6.45, 7) is 0.323. The normalized spacial score (nSPS) is 17.1. The highest BCUT2D eigenvalue weighted by Gasteiger charge is 2.46. The summed E-state index contributed by atoms with van der Waals surface area (Å²) in [5, 5.41) is 5.89. The number of nitrogens with zero attached hydrogens (tertiary/aromatic N) is 2. The van der Waals surface area contributed by atoms with Gasteiger partial charge in [0.05, 0.1) is 36.7 Å². The number of furan rings is 1. The van der Waals surface area contributed by atoms with Crippen LogP contribution in [0.15, 0.2) is 119 Å². The first-order valence-electron chi connectivity index (χ1n) is 13.7. The van der Waals surface area contributed by atoms with Crippen LogP contribution in [0.1, 0.15) is 22.9 Å². The predicted molar refractivity (Wildman–Crippen MR) is 155 cm³/mol. The zero-order valence-electron chi connectivity index (χ0n) is 23.0. The predicted octanol–water partition coefficient (Wildman–Crippen LogP) is 4.79. The fraction of sp³-hybridized carbons (Fsp3) is 0.182. The Kier molecular flexibility index (Phi) is 7.47. The van der Waals surface area contributed by atoms with Crippen LogP contribution in [-0.4, -0.2) is 47.3 Å². The van der Waals surface area contributed by atoms with Gasteiger partial charge in [0.25, 0.3) is 5.91 Å². The maximum Gasteiger partial charge on any atom is 0.322 e. The molecule has 1 aromatic heterocycles. The second-order valence-corrected chi connectivity index (χ2v) is 10.2. The van der Waals surface area contributed by atoms with Gasteiger partial charge in [0, 0.05) is 13.5 Å². The zero-order valence-corrected chi connectivity index (χ0v) is 23.0. The van der Waals surface area contributed by atoms with Crippen LogP contribution < -0.4 is 15.4 Å². The second-order valence-electron chi connectivity index (χ2n) is 10.2. The number of carbonyl (C=O) groups excluding carboxylic acids is 3. The highest BCUT2D eigenvalue weighted by atomic mass is 16.5. The Morgan fingerprint density at radius 3 is 2.45 bits per heavy atom. The fourth-order valence-electron chi connectivity index (χ4n) is 5.36. The van der Waals surface area contributed by atoms with Crippen molar-refractivity contribution in [1.29, 1.82) is 0 Å². The lowest BCUT2D eigenvalue weighted by molar-refractivity contribution is -0.136. The summed E-state index contributed by atoms with van der Waals surface area (Å²) in [5.74, 6) is 1.26. The van der Waals surface area contributed by atoms with E-state index >= 15 is 0 Å². The van der Waals surface area contributed by atoms with Gasteiger partial charge >= 0.3 is 6.03 Å². The Morgan fingerprint density at radius 1 is 0.976 bits per heavy atom. The molecule has 0 radical (unpaired) electrons. The molecule has 2 N–H and O–H groups in total. The first-order chi connectivity index (χ1) is 20.5. The first kappa shape index (κ1) is 26.9.